The fraction of sp³-hybridized carbons (Fsp3) is 0.348. The summed E-state index contributed by atoms with van der Waals surface area (Å²) >= 11 is 0. The Balaban J connectivity index is 1.40. The van der Waals surface area contributed by atoms with Gasteiger partial charge in [0.1, 0.15) is 18.0 Å². The summed E-state index contributed by atoms with van der Waals surface area (Å²) in [5.74, 6) is 1.85. The Morgan fingerprint density at radius 1 is 1.07 bits per heavy atom. The van der Waals surface area contributed by atoms with Crippen molar-refractivity contribution in [2.75, 3.05) is 44.8 Å². The molecule has 1 aromatic heterocycles. The van der Waals surface area contributed by atoms with E-state index in [1.165, 1.54) is 11.3 Å². The highest BCUT2D eigenvalue weighted by Gasteiger charge is 2.23. The van der Waals surface area contributed by atoms with Gasteiger partial charge in [-0.1, -0.05) is 12.1 Å². The number of nitrogens with one attached hydrogen (secondary N) is 2. The summed E-state index contributed by atoms with van der Waals surface area (Å²) in [5, 5.41) is 7.48. The van der Waals surface area contributed by atoms with E-state index in [-0.39, 0.29) is 0 Å². The van der Waals surface area contributed by atoms with Crippen LogP contribution in [-0.4, -0.2) is 50.1 Å². The van der Waals surface area contributed by atoms with Crippen LogP contribution in [-0.2, 0) is 6.54 Å². The van der Waals surface area contributed by atoms with E-state index in [2.05, 4.69) is 45.4 Å². The van der Waals surface area contributed by atoms with Crippen LogP contribution in [0.25, 0.3) is 11.3 Å². The maximum Gasteiger partial charge on any atom is 0.142 e. The molecular weight excluding hydrogens is 364 g/mol. The third-order valence-electron chi connectivity index (χ3n) is 5.51. The molecule has 0 radical (unpaired) electrons. The second-order valence-electron chi connectivity index (χ2n) is 7.31. The lowest BCUT2D eigenvalue weighted by atomic mass is 10.1. The van der Waals surface area contributed by atoms with Crippen LogP contribution in [0.5, 0.6) is 11.5 Å². The molecule has 29 heavy (non-hydrogen) atoms. The van der Waals surface area contributed by atoms with Gasteiger partial charge in [-0.3, -0.25) is 5.10 Å². The number of rotatable bonds is 7. The Kier molecular flexibility index (Phi) is 6.00. The molecule has 4 rings (SSSR count). The number of methoxy groups -OCH3 is 1. The van der Waals surface area contributed by atoms with Gasteiger partial charge in [0.05, 0.1) is 63.0 Å². The van der Waals surface area contributed by atoms with Crippen molar-refractivity contribution in [1.29, 1.82) is 0 Å². The van der Waals surface area contributed by atoms with Gasteiger partial charge in [-0.05, 0) is 43.3 Å². The number of para-hydroxylation sites is 2. The van der Waals surface area contributed by atoms with E-state index in [0.717, 1.165) is 55.5 Å². The number of quaternary nitrogens is 1. The Morgan fingerprint density at radius 2 is 1.83 bits per heavy atom. The molecule has 1 fully saturated rings. The molecule has 0 atom stereocenters. The zero-order chi connectivity index (χ0) is 20.1. The van der Waals surface area contributed by atoms with E-state index >= 15 is 0 Å². The van der Waals surface area contributed by atoms with Crippen molar-refractivity contribution in [2.24, 2.45) is 0 Å². The second-order valence-corrected chi connectivity index (χ2v) is 7.31. The Bertz CT molecular complexity index is 915. The number of nitrogens with zero attached hydrogens (tertiary/aromatic N) is 2. The van der Waals surface area contributed by atoms with E-state index in [1.54, 1.807) is 12.0 Å². The van der Waals surface area contributed by atoms with Crippen molar-refractivity contribution >= 4 is 5.69 Å². The van der Waals surface area contributed by atoms with Crippen molar-refractivity contribution in [3.05, 3.63) is 60.3 Å². The number of anilines is 1. The molecule has 0 unspecified atom stereocenters. The first-order valence-electron chi connectivity index (χ1n) is 10.3. The number of hydrogen-bond acceptors (Lipinski definition) is 4. The Labute approximate surface area is 172 Å². The van der Waals surface area contributed by atoms with Crippen LogP contribution in [0.2, 0.25) is 0 Å². The van der Waals surface area contributed by atoms with E-state index in [4.69, 9.17) is 9.47 Å². The zero-order valence-electron chi connectivity index (χ0n) is 17.1. The topological polar surface area (TPSA) is 54.8 Å². The minimum atomic E-state index is 0.691. The van der Waals surface area contributed by atoms with Crippen molar-refractivity contribution in [3.8, 4) is 22.8 Å². The molecule has 1 aliphatic rings. The summed E-state index contributed by atoms with van der Waals surface area (Å²) in [4.78, 5) is 4.01. The van der Waals surface area contributed by atoms with Crippen molar-refractivity contribution < 1.29 is 14.4 Å². The summed E-state index contributed by atoms with van der Waals surface area (Å²) in [6.07, 6.45) is 1.96. The van der Waals surface area contributed by atoms with E-state index in [0.29, 0.717) is 6.61 Å². The second kappa shape index (κ2) is 9.01. The number of aromatic amines is 1. The van der Waals surface area contributed by atoms with Crippen molar-refractivity contribution in [2.45, 2.75) is 13.5 Å². The number of hydrogen-bond donors (Lipinski definition) is 2. The smallest absolute Gasteiger partial charge is 0.142 e. The van der Waals surface area contributed by atoms with Gasteiger partial charge in [0.25, 0.3) is 0 Å². The van der Waals surface area contributed by atoms with Crippen molar-refractivity contribution in [1.82, 2.24) is 10.2 Å². The fourth-order valence-corrected chi connectivity index (χ4v) is 3.96. The molecule has 1 aliphatic heterocycles. The average Bonchev–Trinajstić information content (AvgIpc) is 3.23. The maximum atomic E-state index is 5.81. The van der Waals surface area contributed by atoms with Gasteiger partial charge in [0.2, 0.25) is 0 Å². The van der Waals surface area contributed by atoms with E-state index < -0.39 is 0 Å². The summed E-state index contributed by atoms with van der Waals surface area (Å²) in [6, 6.07) is 16.5. The SMILES string of the molecule is CCOc1ccccc1N1CC[NH+](Cc2cn[nH]c2-c2ccc(OC)cc2)CC1. The lowest BCUT2D eigenvalue weighted by Gasteiger charge is -2.34. The lowest BCUT2D eigenvalue weighted by molar-refractivity contribution is -0.914. The molecule has 152 valence electrons. The van der Waals surface area contributed by atoms with Crippen LogP contribution in [0.15, 0.2) is 54.7 Å². The zero-order valence-corrected chi connectivity index (χ0v) is 17.1. The van der Waals surface area contributed by atoms with Gasteiger partial charge in [-0.15, -0.1) is 0 Å². The van der Waals surface area contributed by atoms with Crippen LogP contribution in [0, 0.1) is 0 Å². The first kappa shape index (κ1) is 19.3. The molecule has 2 aromatic carbocycles. The largest absolute Gasteiger partial charge is 0.497 e. The highest BCUT2D eigenvalue weighted by Crippen LogP contribution is 2.28. The number of benzene rings is 2. The molecule has 3 aromatic rings. The maximum absolute atomic E-state index is 5.81. The minimum Gasteiger partial charge on any atom is -0.497 e. The van der Waals surface area contributed by atoms with Crippen LogP contribution >= 0.6 is 0 Å². The fourth-order valence-electron chi connectivity index (χ4n) is 3.96. The van der Waals surface area contributed by atoms with Gasteiger partial charge >= 0.3 is 0 Å². The van der Waals surface area contributed by atoms with E-state index in [9.17, 15) is 0 Å². The number of piperazine rings is 1. The Morgan fingerprint density at radius 3 is 2.55 bits per heavy atom. The minimum absolute atomic E-state index is 0.691. The first-order valence-corrected chi connectivity index (χ1v) is 10.3. The molecule has 2 heterocycles. The molecule has 1 saturated heterocycles. The molecule has 0 amide bonds. The van der Waals surface area contributed by atoms with Crippen LogP contribution in [0.3, 0.4) is 0 Å². The predicted molar refractivity (Wildman–Crippen MR) is 115 cm³/mol. The van der Waals surface area contributed by atoms with Gasteiger partial charge in [-0.2, -0.15) is 5.10 Å². The van der Waals surface area contributed by atoms with Gasteiger partial charge in [0.15, 0.2) is 0 Å². The summed E-state index contributed by atoms with van der Waals surface area (Å²) < 4.78 is 11.1. The van der Waals surface area contributed by atoms with Crippen LogP contribution < -0.4 is 19.3 Å². The molecule has 0 aliphatic carbocycles. The highest BCUT2D eigenvalue weighted by molar-refractivity contribution is 5.63. The highest BCUT2D eigenvalue weighted by atomic mass is 16.5. The molecule has 6 nitrogen and oxygen atoms in total. The van der Waals surface area contributed by atoms with E-state index in [1.807, 2.05) is 31.3 Å². The summed E-state index contributed by atoms with van der Waals surface area (Å²) in [6.45, 7) is 7.92. The molecule has 0 spiro atoms. The standard InChI is InChI=1S/C23H28N4O2/c1-3-29-22-7-5-4-6-21(22)27-14-12-26(13-15-27)17-19-16-24-25-23(19)18-8-10-20(28-2)11-9-18/h4-11,16H,3,12-15,17H2,1-2H3,(H,24,25)/p+1. The molecule has 2 N–H and O–H groups in total. The third kappa shape index (κ3) is 4.38. The van der Waals surface area contributed by atoms with Crippen molar-refractivity contribution in [3.63, 3.8) is 0 Å². The predicted octanol–water partition coefficient (Wildman–Crippen LogP) is 2.39. The van der Waals surface area contributed by atoms with Gasteiger partial charge in [0, 0.05) is 5.56 Å². The number of aromatic nitrogens is 2. The Hall–Kier alpha value is -2.99. The molecule has 6 heteroatoms. The average molecular weight is 394 g/mol. The number of H-pyrrole nitrogens is 1. The molecule has 0 bridgehead atoms. The quantitative estimate of drug-likeness (QED) is 0.647. The molecule has 0 saturated carbocycles. The van der Waals surface area contributed by atoms with Gasteiger partial charge in [-0.25, -0.2) is 0 Å². The monoisotopic (exact) mass is 393 g/mol. The lowest BCUT2D eigenvalue weighted by Crippen LogP contribution is -3.13. The first-order chi connectivity index (χ1) is 14.3. The van der Waals surface area contributed by atoms with Crippen LogP contribution in [0.4, 0.5) is 5.69 Å². The third-order valence-corrected chi connectivity index (χ3v) is 5.51. The normalized spacial score (nSPS) is 14.8. The molecular formula is C23H29N4O2+. The summed E-state index contributed by atoms with van der Waals surface area (Å²) in [7, 11) is 1.69. The number of ether oxygens (including phenoxy) is 2. The summed E-state index contributed by atoms with van der Waals surface area (Å²) in [5.41, 5.74) is 4.70. The van der Waals surface area contributed by atoms with Crippen LogP contribution in [0.1, 0.15) is 12.5 Å². The van der Waals surface area contributed by atoms with Gasteiger partial charge < -0.3 is 19.3 Å².